The van der Waals surface area contributed by atoms with E-state index in [1.165, 1.54) is 4.57 Å². The first-order valence-corrected chi connectivity index (χ1v) is 8.79. The van der Waals surface area contributed by atoms with Crippen LogP contribution in [0.15, 0.2) is 39.2 Å². The molecule has 136 valence electrons. The molecule has 9 heteroatoms. The van der Waals surface area contributed by atoms with Crippen molar-refractivity contribution in [2.24, 2.45) is 0 Å². The van der Waals surface area contributed by atoms with Gasteiger partial charge >= 0.3 is 5.69 Å². The topological polar surface area (TPSA) is 95.2 Å². The number of amides is 1. The summed E-state index contributed by atoms with van der Waals surface area (Å²) in [5, 5.41) is 4.33. The highest BCUT2D eigenvalue weighted by atomic mass is 32.1. The maximum atomic E-state index is 12.7. The number of rotatable bonds is 5. The number of hydrogen-bond donors (Lipinski definition) is 1. The van der Waals surface area contributed by atoms with Crippen LogP contribution in [0.3, 0.4) is 0 Å². The summed E-state index contributed by atoms with van der Waals surface area (Å²) in [5.74, 6) is 0.299. The van der Waals surface area contributed by atoms with E-state index in [9.17, 15) is 14.4 Å². The lowest BCUT2D eigenvalue weighted by Gasteiger charge is -2.14. The van der Waals surface area contributed by atoms with Gasteiger partial charge in [-0.15, -0.1) is 0 Å². The van der Waals surface area contributed by atoms with Gasteiger partial charge in [0.05, 0.1) is 12.6 Å². The molecule has 3 rings (SSSR count). The zero-order chi connectivity index (χ0) is 18.8. The van der Waals surface area contributed by atoms with Gasteiger partial charge in [0.25, 0.3) is 5.56 Å². The van der Waals surface area contributed by atoms with Crippen LogP contribution in [0.25, 0.3) is 11.0 Å². The molecule has 1 aromatic carbocycles. The van der Waals surface area contributed by atoms with Crippen molar-refractivity contribution >= 4 is 34.2 Å². The molecule has 0 aliphatic rings. The van der Waals surface area contributed by atoms with Gasteiger partial charge in [0.15, 0.2) is 5.52 Å². The number of aromatic nitrogens is 3. The molecular weight excluding hydrogens is 356 g/mol. The zero-order valence-electron chi connectivity index (χ0n) is 14.6. The average Bonchev–Trinajstić information content (AvgIpc) is 3.09. The van der Waals surface area contributed by atoms with Crippen molar-refractivity contribution in [2.75, 3.05) is 12.4 Å². The molecule has 2 aromatic heterocycles. The largest absolute Gasteiger partial charge is 0.497 e. The van der Waals surface area contributed by atoms with Gasteiger partial charge in [0.1, 0.15) is 12.3 Å². The Kier molecular flexibility index (Phi) is 4.90. The van der Waals surface area contributed by atoms with Crippen molar-refractivity contribution in [3.8, 4) is 5.75 Å². The molecule has 0 saturated heterocycles. The maximum absolute atomic E-state index is 12.7. The number of anilines is 1. The van der Waals surface area contributed by atoms with E-state index >= 15 is 0 Å². The molecule has 0 saturated carbocycles. The Morgan fingerprint density at radius 2 is 1.96 bits per heavy atom. The summed E-state index contributed by atoms with van der Waals surface area (Å²) in [6.07, 6.45) is 0. The Morgan fingerprint density at radius 1 is 1.27 bits per heavy atom. The predicted molar refractivity (Wildman–Crippen MR) is 100 cm³/mol. The van der Waals surface area contributed by atoms with E-state index in [1.54, 1.807) is 50.6 Å². The van der Waals surface area contributed by atoms with Crippen LogP contribution in [0.4, 0.5) is 5.69 Å². The van der Waals surface area contributed by atoms with Crippen molar-refractivity contribution in [3.05, 3.63) is 50.5 Å². The van der Waals surface area contributed by atoms with Gasteiger partial charge in [-0.05, 0) is 49.6 Å². The van der Waals surface area contributed by atoms with Gasteiger partial charge in [-0.25, -0.2) is 4.79 Å². The average molecular weight is 374 g/mol. The summed E-state index contributed by atoms with van der Waals surface area (Å²) in [6.45, 7) is 3.26. The number of fused-ring (bicyclic) bond motifs is 1. The molecule has 1 N–H and O–H groups in total. The number of hydrogen-bond acceptors (Lipinski definition) is 6. The zero-order valence-corrected chi connectivity index (χ0v) is 15.4. The monoisotopic (exact) mass is 374 g/mol. The number of methoxy groups -OCH3 is 1. The second-order valence-corrected chi connectivity index (χ2v) is 6.59. The molecule has 0 spiro atoms. The highest BCUT2D eigenvalue weighted by molar-refractivity contribution is 7.04. The Morgan fingerprint density at radius 3 is 2.58 bits per heavy atom. The lowest BCUT2D eigenvalue weighted by atomic mass is 10.3. The van der Waals surface area contributed by atoms with E-state index in [1.807, 2.05) is 0 Å². The fraction of sp³-hybridized carbons (Fsp3) is 0.294. The second kappa shape index (κ2) is 7.12. The van der Waals surface area contributed by atoms with Gasteiger partial charge in [0.2, 0.25) is 5.91 Å². The molecule has 0 aliphatic heterocycles. The van der Waals surface area contributed by atoms with Crippen molar-refractivity contribution in [2.45, 2.75) is 26.4 Å². The Labute approximate surface area is 152 Å². The minimum absolute atomic E-state index is 0.195. The summed E-state index contributed by atoms with van der Waals surface area (Å²) in [6, 6.07) is 6.52. The third kappa shape index (κ3) is 3.25. The molecule has 3 aromatic rings. The van der Waals surface area contributed by atoms with E-state index in [-0.39, 0.29) is 24.0 Å². The van der Waals surface area contributed by atoms with Crippen LogP contribution < -0.4 is 21.3 Å². The number of nitrogens with zero attached hydrogens (tertiary/aromatic N) is 3. The predicted octanol–water partition coefficient (Wildman–Crippen LogP) is 1.85. The number of nitrogens with one attached hydrogen (secondary N) is 1. The van der Waals surface area contributed by atoms with E-state index in [2.05, 4.69) is 9.69 Å². The third-order valence-corrected chi connectivity index (χ3v) is 4.51. The van der Waals surface area contributed by atoms with Crippen LogP contribution in [-0.2, 0) is 11.3 Å². The highest BCUT2D eigenvalue weighted by Gasteiger charge is 2.18. The van der Waals surface area contributed by atoms with Crippen molar-refractivity contribution in [3.63, 3.8) is 0 Å². The highest BCUT2D eigenvalue weighted by Crippen LogP contribution is 2.15. The van der Waals surface area contributed by atoms with Crippen LogP contribution in [0.5, 0.6) is 5.75 Å². The molecule has 0 unspecified atom stereocenters. The van der Waals surface area contributed by atoms with Crippen LogP contribution in [0.2, 0.25) is 0 Å². The van der Waals surface area contributed by atoms with Crippen molar-refractivity contribution in [1.29, 1.82) is 0 Å². The summed E-state index contributed by atoms with van der Waals surface area (Å²) in [7, 11) is 1.56. The van der Waals surface area contributed by atoms with E-state index in [0.29, 0.717) is 17.0 Å². The molecule has 8 nitrogen and oxygen atoms in total. The molecule has 1 amide bonds. The molecule has 0 bridgehead atoms. The first kappa shape index (κ1) is 17.9. The van der Waals surface area contributed by atoms with Gasteiger partial charge in [-0.3, -0.25) is 18.7 Å². The number of carbonyl (C=O) groups excluding carboxylic acids is 1. The minimum atomic E-state index is -0.525. The van der Waals surface area contributed by atoms with Gasteiger partial charge in [-0.2, -0.15) is 4.37 Å². The Balaban J connectivity index is 1.95. The standard InChI is InChI=1S/C17H18N4O4S/c1-10(2)21-16(23)15-13(9-26-19-15)20(17(21)24)8-14(22)18-11-4-6-12(25-3)7-5-11/h4-7,9-10H,8H2,1-3H3,(H,18,22). The van der Waals surface area contributed by atoms with Crippen molar-refractivity contribution in [1.82, 2.24) is 13.5 Å². The summed E-state index contributed by atoms with van der Waals surface area (Å²) < 4.78 is 11.5. The molecule has 0 atom stereocenters. The normalized spacial score (nSPS) is 11.1. The summed E-state index contributed by atoms with van der Waals surface area (Å²) >= 11 is 1.08. The lowest BCUT2D eigenvalue weighted by Crippen LogP contribution is -2.42. The quantitative estimate of drug-likeness (QED) is 0.735. The SMILES string of the molecule is COc1ccc(NC(=O)Cn2c(=O)n(C(C)C)c(=O)c3nscc32)cc1. The first-order valence-electron chi connectivity index (χ1n) is 7.95. The fourth-order valence-electron chi connectivity index (χ4n) is 2.63. The van der Waals surface area contributed by atoms with E-state index in [0.717, 1.165) is 16.1 Å². The van der Waals surface area contributed by atoms with Gasteiger partial charge in [-0.1, -0.05) is 0 Å². The Hall–Kier alpha value is -2.94. The third-order valence-electron chi connectivity index (χ3n) is 3.89. The molecular formula is C17H18N4O4S. The number of ether oxygens (including phenoxy) is 1. The molecule has 26 heavy (non-hydrogen) atoms. The fourth-order valence-corrected chi connectivity index (χ4v) is 3.30. The van der Waals surface area contributed by atoms with Crippen LogP contribution >= 0.6 is 11.5 Å². The summed E-state index contributed by atoms with van der Waals surface area (Å²) in [4.78, 5) is 37.6. The van der Waals surface area contributed by atoms with Gasteiger partial charge in [0, 0.05) is 17.1 Å². The minimum Gasteiger partial charge on any atom is -0.497 e. The number of benzene rings is 1. The first-order chi connectivity index (χ1) is 12.4. The lowest BCUT2D eigenvalue weighted by molar-refractivity contribution is -0.116. The molecule has 2 heterocycles. The van der Waals surface area contributed by atoms with Crippen LogP contribution in [-0.4, -0.2) is 26.5 Å². The molecule has 0 fully saturated rings. The second-order valence-electron chi connectivity index (χ2n) is 5.96. The van der Waals surface area contributed by atoms with Gasteiger partial charge < -0.3 is 10.1 Å². The van der Waals surface area contributed by atoms with Crippen molar-refractivity contribution < 1.29 is 9.53 Å². The van der Waals surface area contributed by atoms with Crippen LogP contribution in [0, 0.1) is 0 Å². The maximum Gasteiger partial charge on any atom is 0.332 e. The number of carbonyl (C=O) groups is 1. The van der Waals surface area contributed by atoms with Crippen LogP contribution in [0.1, 0.15) is 19.9 Å². The van der Waals surface area contributed by atoms with E-state index in [4.69, 9.17) is 4.74 Å². The Bertz CT molecular complexity index is 1060. The molecule has 0 aliphatic carbocycles. The summed E-state index contributed by atoms with van der Waals surface area (Å²) in [5.41, 5.74) is 0.184. The smallest absolute Gasteiger partial charge is 0.332 e. The van der Waals surface area contributed by atoms with E-state index < -0.39 is 11.2 Å². The molecule has 0 radical (unpaired) electrons.